The molecule has 1 amide bonds. The fourth-order valence-electron chi connectivity index (χ4n) is 4.75. The molecule has 1 aliphatic heterocycles. The SMILES string of the molecule is CC(C)(C)CN1CCC(c2ccnc3c2ccn3Cc2ccc(C(N)=O)c(O)c2)CC1. The molecular weight excluding hydrogens is 388 g/mol. The van der Waals surface area contributed by atoms with Gasteiger partial charge in [0.05, 0.1) is 5.56 Å². The summed E-state index contributed by atoms with van der Waals surface area (Å²) in [4.78, 5) is 18.6. The zero-order valence-electron chi connectivity index (χ0n) is 18.6. The monoisotopic (exact) mass is 420 g/mol. The largest absolute Gasteiger partial charge is 0.507 e. The van der Waals surface area contributed by atoms with Gasteiger partial charge in [0, 0.05) is 30.9 Å². The van der Waals surface area contributed by atoms with Crippen LogP contribution in [0.15, 0.2) is 42.7 Å². The van der Waals surface area contributed by atoms with Crippen LogP contribution in [0.5, 0.6) is 5.75 Å². The van der Waals surface area contributed by atoms with Crippen molar-refractivity contribution in [2.24, 2.45) is 11.1 Å². The lowest BCUT2D eigenvalue weighted by molar-refractivity contribution is 0.0997. The van der Waals surface area contributed by atoms with Crippen molar-refractivity contribution in [2.75, 3.05) is 19.6 Å². The minimum Gasteiger partial charge on any atom is -0.507 e. The molecule has 31 heavy (non-hydrogen) atoms. The molecule has 1 aliphatic rings. The Labute approximate surface area is 183 Å². The van der Waals surface area contributed by atoms with E-state index < -0.39 is 5.91 Å². The van der Waals surface area contributed by atoms with Crippen LogP contribution < -0.4 is 5.73 Å². The summed E-state index contributed by atoms with van der Waals surface area (Å²) in [7, 11) is 0. The molecule has 1 fully saturated rings. The summed E-state index contributed by atoms with van der Waals surface area (Å²) in [6.45, 7) is 10.9. The van der Waals surface area contributed by atoms with Gasteiger partial charge in [-0.1, -0.05) is 26.8 Å². The second-order valence-corrected chi connectivity index (χ2v) is 9.91. The Morgan fingerprint density at radius 1 is 1.19 bits per heavy atom. The molecule has 164 valence electrons. The van der Waals surface area contributed by atoms with E-state index in [1.165, 1.54) is 23.8 Å². The molecule has 2 aromatic heterocycles. The highest BCUT2D eigenvalue weighted by atomic mass is 16.3. The predicted octanol–water partition coefficient (Wildman–Crippen LogP) is 4.11. The first-order valence-electron chi connectivity index (χ1n) is 11.0. The average Bonchev–Trinajstić information content (AvgIpc) is 3.10. The number of fused-ring (bicyclic) bond motifs is 1. The summed E-state index contributed by atoms with van der Waals surface area (Å²) >= 11 is 0. The molecule has 0 radical (unpaired) electrons. The lowest BCUT2D eigenvalue weighted by Crippen LogP contribution is -2.38. The lowest BCUT2D eigenvalue weighted by atomic mass is 9.87. The van der Waals surface area contributed by atoms with Gasteiger partial charge in [-0.3, -0.25) is 4.79 Å². The highest BCUT2D eigenvalue weighted by Gasteiger charge is 2.25. The first-order valence-corrected chi connectivity index (χ1v) is 11.0. The van der Waals surface area contributed by atoms with Gasteiger partial charge in [0.25, 0.3) is 5.91 Å². The minimum absolute atomic E-state index is 0.0860. The second kappa shape index (κ2) is 8.35. The van der Waals surface area contributed by atoms with Crippen molar-refractivity contribution in [3.63, 3.8) is 0 Å². The highest BCUT2D eigenvalue weighted by molar-refractivity contribution is 5.95. The van der Waals surface area contributed by atoms with E-state index in [2.05, 4.69) is 53.6 Å². The van der Waals surface area contributed by atoms with E-state index in [0.29, 0.717) is 17.9 Å². The predicted molar refractivity (Wildman–Crippen MR) is 123 cm³/mol. The van der Waals surface area contributed by atoms with Gasteiger partial charge in [0.2, 0.25) is 0 Å². The van der Waals surface area contributed by atoms with Crippen molar-refractivity contribution in [1.29, 1.82) is 0 Å². The number of benzene rings is 1. The van der Waals surface area contributed by atoms with Gasteiger partial charge in [-0.15, -0.1) is 0 Å². The summed E-state index contributed by atoms with van der Waals surface area (Å²) in [5, 5.41) is 11.3. The third-order valence-corrected chi connectivity index (χ3v) is 6.10. The van der Waals surface area contributed by atoms with Gasteiger partial charge in [0.1, 0.15) is 11.4 Å². The van der Waals surface area contributed by atoms with E-state index in [1.54, 1.807) is 12.1 Å². The molecule has 0 unspecified atom stereocenters. The number of rotatable bonds is 5. The number of nitrogens with zero attached hydrogens (tertiary/aromatic N) is 3. The number of amides is 1. The van der Waals surface area contributed by atoms with Crippen LogP contribution in [0.2, 0.25) is 0 Å². The number of pyridine rings is 1. The summed E-state index contributed by atoms with van der Waals surface area (Å²) in [6.07, 6.45) is 6.30. The average molecular weight is 421 g/mol. The normalized spacial score (nSPS) is 16.1. The van der Waals surface area contributed by atoms with Crippen LogP contribution in [0.4, 0.5) is 0 Å². The van der Waals surface area contributed by atoms with E-state index in [-0.39, 0.29) is 11.3 Å². The number of nitrogens with two attached hydrogens (primary N) is 1. The molecule has 0 spiro atoms. The van der Waals surface area contributed by atoms with Crippen molar-refractivity contribution in [3.05, 3.63) is 59.4 Å². The number of carbonyl (C=O) groups excluding carboxylic acids is 1. The molecular formula is C25H32N4O2. The number of aromatic hydroxyl groups is 1. The molecule has 4 rings (SSSR count). The Morgan fingerprint density at radius 3 is 2.58 bits per heavy atom. The molecule has 3 heterocycles. The zero-order valence-corrected chi connectivity index (χ0v) is 18.6. The van der Waals surface area contributed by atoms with Crippen LogP contribution >= 0.6 is 0 Å². The van der Waals surface area contributed by atoms with Crippen LogP contribution in [-0.2, 0) is 6.54 Å². The fourth-order valence-corrected chi connectivity index (χ4v) is 4.75. The van der Waals surface area contributed by atoms with E-state index in [4.69, 9.17) is 5.73 Å². The quantitative estimate of drug-likeness (QED) is 0.650. The summed E-state index contributed by atoms with van der Waals surface area (Å²) in [5.74, 6) is -0.163. The molecule has 1 saturated heterocycles. The van der Waals surface area contributed by atoms with Crippen molar-refractivity contribution in [1.82, 2.24) is 14.5 Å². The number of likely N-dealkylation sites (tertiary alicyclic amines) is 1. The van der Waals surface area contributed by atoms with Gasteiger partial charge in [0.15, 0.2) is 0 Å². The van der Waals surface area contributed by atoms with Crippen molar-refractivity contribution in [3.8, 4) is 5.75 Å². The first-order chi connectivity index (χ1) is 14.7. The van der Waals surface area contributed by atoms with E-state index in [0.717, 1.165) is 30.8 Å². The van der Waals surface area contributed by atoms with Gasteiger partial charge >= 0.3 is 0 Å². The zero-order chi connectivity index (χ0) is 22.2. The van der Waals surface area contributed by atoms with E-state index >= 15 is 0 Å². The minimum atomic E-state index is -0.629. The summed E-state index contributed by atoms with van der Waals surface area (Å²) in [6, 6.07) is 9.31. The maximum atomic E-state index is 11.3. The third-order valence-electron chi connectivity index (χ3n) is 6.10. The lowest BCUT2D eigenvalue weighted by Gasteiger charge is -2.36. The van der Waals surface area contributed by atoms with Crippen LogP contribution in [0, 0.1) is 5.41 Å². The molecule has 1 aromatic carbocycles. The molecule has 6 nitrogen and oxygen atoms in total. The number of phenols is 1. The second-order valence-electron chi connectivity index (χ2n) is 9.91. The molecule has 0 bridgehead atoms. The maximum Gasteiger partial charge on any atom is 0.252 e. The molecule has 0 aliphatic carbocycles. The number of piperidine rings is 1. The molecule has 3 aromatic rings. The van der Waals surface area contributed by atoms with Crippen molar-refractivity contribution in [2.45, 2.75) is 46.1 Å². The number of aromatic nitrogens is 2. The fraction of sp³-hybridized carbons (Fsp3) is 0.440. The standard InChI is InChI=1S/C25H32N4O2/c1-25(2,3)16-28-11-7-18(8-12-28)19-6-10-27-24-20(19)9-13-29(24)15-17-4-5-21(23(26)31)22(30)14-17/h4-6,9-10,13-14,18,30H,7-8,11-12,15-16H2,1-3H3,(H2,26,31). The number of hydrogen-bond acceptors (Lipinski definition) is 4. The number of hydrogen-bond donors (Lipinski definition) is 2. The van der Waals surface area contributed by atoms with Crippen LogP contribution in [-0.4, -0.2) is 45.1 Å². The smallest absolute Gasteiger partial charge is 0.252 e. The van der Waals surface area contributed by atoms with Crippen LogP contribution in [0.3, 0.4) is 0 Å². The van der Waals surface area contributed by atoms with Gasteiger partial charge < -0.3 is 20.3 Å². The van der Waals surface area contributed by atoms with Crippen LogP contribution in [0.25, 0.3) is 11.0 Å². The number of primary amides is 1. The summed E-state index contributed by atoms with van der Waals surface area (Å²) < 4.78 is 2.09. The molecule has 3 N–H and O–H groups in total. The van der Waals surface area contributed by atoms with Gasteiger partial charge in [-0.25, -0.2) is 4.98 Å². The maximum absolute atomic E-state index is 11.3. The third kappa shape index (κ3) is 4.74. The van der Waals surface area contributed by atoms with E-state index in [1.807, 2.05) is 12.3 Å². The Hall–Kier alpha value is -2.86. The van der Waals surface area contributed by atoms with Crippen molar-refractivity contribution >= 4 is 16.9 Å². The van der Waals surface area contributed by atoms with E-state index in [9.17, 15) is 9.90 Å². The van der Waals surface area contributed by atoms with Crippen molar-refractivity contribution < 1.29 is 9.90 Å². The molecule has 0 saturated carbocycles. The topological polar surface area (TPSA) is 84.4 Å². The Morgan fingerprint density at radius 2 is 1.94 bits per heavy atom. The molecule has 0 atom stereocenters. The summed E-state index contributed by atoms with van der Waals surface area (Å²) in [5.41, 5.74) is 8.98. The first kappa shape index (κ1) is 21.4. The Bertz CT molecular complexity index is 1090. The van der Waals surface area contributed by atoms with Gasteiger partial charge in [-0.2, -0.15) is 0 Å². The Kier molecular flexibility index (Phi) is 5.75. The molecule has 6 heteroatoms. The number of carbonyl (C=O) groups is 1. The van der Waals surface area contributed by atoms with Crippen LogP contribution in [0.1, 0.15) is 61.0 Å². The van der Waals surface area contributed by atoms with Gasteiger partial charge in [-0.05, 0) is 72.7 Å². The Balaban J connectivity index is 1.53. The highest BCUT2D eigenvalue weighted by Crippen LogP contribution is 2.34.